The Hall–Kier alpha value is -3.98. The van der Waals surface area contributed by atoms with E-state index in [1.165, 1.54) is 24.3 Å². The second kappa shape index (κ2) is 15.0. The summed E-state index contributed by atoms with van der Waals surface area (Å²) in [6, 6.07) is 11.3. The molecule has 0 aliphatic carbocycles. The van der Waals surface area contributed by atoms with Crippen LogP contribution in [0.2, 0.25) is 0 Å². The highest BCUT2D eigenvalue weighted by Crippen LogP contribution is 2.32. The van der Waals surface area contributed by atoms with E-state index in [1.54, 1.807) is 24.3 Å². The number of piperidine rings is 1. The average molecular weight is 616 g/mol. The Morgan fingerprint density at radius 1 is 0.860 bits per heavy atom. The van der Waals surface area contributed by atoms with E-state index < -0.39 is 39.8 Å². The molecule has 1 unspecified atom stereocenters. The Morgan fingerprint density at radius 3 is 2.33 bits per heavy atom. The third kappa shape index (κ3) is 8.32. The van der Waals surface area contributed by atoms with Crippen molar-refractivity contribution in [3.05, 3.63) is 59.7 Å². The highest BCUT2D eigenvalue weighted by atomic mass is 32.2. The van der Waals surface area contributed by atoms with E-state index in [-0.39, 0.29) is 66.7 Å². The van der Waals surface area contributed by atoms with E-state index >= 15 is 0 Å². The molecule has 2 aromatic carbocycles. The van der Waals surface area contributed by atoms with Gasteiger partial charge in [0.2, 0.25) is 17.7 Å². The fraction of sp³-hybridized carbons (Fsp3) is 0.414. The number of hydrogen-bond donors (Lipinski definition) is 2. The molecule has 14 heteroatoms. The van der Waals surface area contributed by atoms with Gasteiger partial charge in [0, 0.05) is 19.4 Å². The smallest absolute Gasteiger partial charge is 0.297 e. The summed E-state index contributed by atoms with van der Waals surface area (Å²) in [5.41, 5.74) is 0.325. The van der Waals surface area contributed by atoms with Crippen LogP contribution in [0.1, 0.15) is 59.2 Å². The molecule has 1 saturated heterocycles. The number of rotatable bonds is 16. The van der Waals surface area contributed by atoms with Crippen molar-refractivity contribution < 1.29 is 46.0 Å². The Morgan fingerprint density at radius 2 is 1.58 bits per heavy atom. The summed E-state index contributed by atoms with van der Waals surface area (Å²) in [6.45, 7) is 1.06. The van der Waals surface area contributed by atoms with Crippen molar-refractivity contribution in [3.8, 4) is 0 Å². The zero-order valence-corrected chi connectivity index (χ0v) is 24.2. The number of ether oxygens (including phenoxy) is 2. The number of anilines is 1. The number of nitrogens with zero attached hydrogens (tertiary/aromatic N) is 1. The van der Waals surface area contributed by atoms with Gasteiger partial charge in [-0.15, -0.1) is 0 Å². The summed E-state index contributed by atoms with van der Waals surface area (Å²) in [4.78, 5) is 63.3. The molecule has 13 nitrogen and oxygen atoms in total. The van der Waals surface area contributed by atoms with Gasteiger partial charge in [0.05, 0.1) is 48.1 Å². The zero-order valence-electron chi connectivity index (χ0n) is 23.4. The highest BCUT2D eigenvalue weighted by molar-refractivity contribution is 7.86. The maximum atomic E-state index is 13.1. The second-order valence-corrected chi connectivity index (χ2v) is 11.5. The molecular weight excluding hydrogens is 582 g/mol. The molecule has 2 aromatic rings. The molecule has 2 aliphatic heterocycles. The van der Waals surface area contributed by atoms with Gasteiger partial charge < -0.3 is 14.8 Å². The minimum absolute atomic E-state index is 0.0193. The summed E-state index contributed by atoms with van der Waals surface area (Å²) in [6.07, 6.45) is 2.25. The number of hydrogen-bond acceptors (Lipinski definition) is 10. The summed E-state index contributed by atoms with van der Waals surface area (Å²) in [7, 11) is -3.80. The van der Waals surface area contributed by atoms with Crippen molar-refractivity contribution >= 4 is 45.3 Å². The molecule has 43 heavy (non-hydrogen) atoms. The Bertz CT molecular complexity index is 1460. The second-order valence-electron chi connectivity index (χ2n) is 9.85. The van der Waals surface area contributed by atoms with E-state index in [1.807, 2.05) is 0 Å². The van der Waals surface area contributed by atoms with E-state index in [9.17, 15) is 32.4 Å². The first kappa shape index (κ1) is 31.9. The lowest BCUT2D eigenvalue weighted by molar-refractivity contribution is -0.136. The Labute approximate surface area is 249 Å². The van der Waals surface area contributed by atoms with Gasteiger partial charge in [-0.3, -0.25) is 38.4 Å². The van der Waals surface area contributed by atoms with Crippen LogP contribution >= 0.6 is 0 Å². The molecule has 2 heterocycles. The molecule has 1 atom stereocenters. The molecule has 0 spiro atoms. The summed E-state index contributed by atoms with van der Waals surface area (Å²) < 4.78 is 39.8. The van der Waals surface area contributed by atoms with Crippen LogP contribution in [0.4, 0.5) is 5.69 Å². The van der Waals surface area contributed by atoms with Crippen LogP contribution in [0.15, 0.2) is 53.4 Å². The van der Waals surface area contributed by atoms with Crippen LogP contribution in [-0.4, -0.2) is 81.9 Å². The van der Waals surface area contributed by atoms with E-state index in [2.05, 4.69) is 10.6 Å². The van der Waals surface area contributed by atoms with Crippen LogP contribution in [0, 0.1) is 0 Å². The number of imide groups is 2. The monoisotopic (exact) mass is 615 g/mol. The Balaban J connectivity index is 1.09. The van der Waals surface area contributed by atoms with Crippen molar-refractivity contribution in [3.63, 3.8) is 0 Å². The van der Waals surface area contributed by atoms with Gasteiger partial charge in [0.25, 0.3) is 21.9 Å². The maximum absolute atomic E-state index is 13.1. The lowest BCUT2D eigenvalue weighted by Crippen LogP contribution is -2.54. The molecule has 0 bridgehead atoms. The molecule has 0 radical (unpaired) electrons. The summed E-state index contributed by atoms with van der Waals surface area (Å²) >= 11 is 0. The van der Waals surface area contributed by atoms with Crippen molar-refractivity contribution in [2.75, 3.05) is 38.4 Å². The van der Waals surface area contributed by atoms with Gasteiger partial charge in [-0.25, -0.2) is 0 Å². The molecule has 0 aromatic heterocycles. The molecule has 230 valence electrons. The molecule has 0 saturated carbocycles. The SMILES string of the molecule is O=C1CCC(N2C(=O)c3cccc(NC(=O)CCCCCOCCOCCOS(=O)(=O)c4ccccc4)c3C2=O)C(=O)N1. The molecule has 2 aliphatic rings. The molecule has 1 fully saturated rings. The lowest BCUT2D eigenvalue weighted by Gasteiger charge is -2.27. The quantitative estimate of drug-likeness (QED) is 0.162. The molecular formula is C29H33N3O10S. The third-order valence-corrected chi connectivity index (χ3v) is 8.13. The van der Waals surface area contributed by atoms with Crippen LogP contribution < -0.4 is 10.6 Å². The number of fused-ring (bicyclic) bond motifs is 1. The van der Waals surface area contributed by atoms with Gasteiger partial charge in [-0.05, 0) is 43.5 Å². The topological polar surface area (TPSA) is 174 Å². The van der Waals surface area contributed by atoms with Crippen molar-refractivity contribution in [1.29, 1.82) is 0 Å². The lowest BCUT2D eigenvalue weighted by atomic mass is 10.0. The normalized spacial score (nSPS) is 16.7. The van der Waals surface area contributed by atoms with Crippen LogP contribution in [-0.2, 0) is 38.2 Å². The average Bonchev–Trinajstić information content (AvgIpc) is 3.24. The first-order valence-corrected chi connectivity index (χ1v) is 15.3. The number of unbranched alkanes of at least 4 members (excludes halogenated alkanes) is 2. The predicted octanol–water partition coefficient (Wildman–Crippen LogP) is 2.03. The number of carbonyl (C=O) groups excluding carboxylic acids is 5. The largest absolute Gasteiger partial charge is 0.379 e. The predicted molar refractivity (Wildman–Crippen MR) is 151 cm³/mol. The Kier molecular flexibility index (Phi) is 11.1. The minimum Gasteiger partial charge on any atom is -0.379 e. The van der Waals surface area contributed by atoms with Crippen LogP contribution in [0.25, 0.3) is 0 Å². The van der Waals surface area contributed by atoms with Gasteiger partial charge in [0.1, 0.15) is 6.04 Å². The number of amides is 5. The van der Waals surface area contributed by atoms with E-state index in [0.717, 1.165) is 4.90 Å². The fourth-order valence-electron chi connectivity index (χ4n) is 4.68. The molecule has 2 N–H and O–H groups in total. The van der Waals surface area contributed by atoms with Crippen LogP contribution in [0.3, 0.4) is 0 Å². The standard InChI is InChI=1S/C29H33N3O10S/c33-24(12-5-2-6-15-40-16-17-41-18-19-42-43(38,39)20-8-3-1-4-9-20)30-22-11-7-10-21-26(22)29(37)32(28(21)36)23-13-14-25(34)31-27(23)35/h1,3-4,7-11,23H,2,5-6,12-19H2,(H,30,33)(H,31,34,35). The fourth-order valence-corrected chi connectivity index (χ4v) is 5.59. The van der Waals surface area contributed by atoms with Gasteiger partial charge >= 0.3 is 0 Å². The van der Waals surface area contributed by atoms with Gasteiger partial charge in [0.15, 0.2) is 0 Å². The zero-order chi connectivity index (χ0) is 30.8. The summed E-state index contributed by atoms with van der Waals surface area (Å²) in [5.74, 6) is -2.80. The van der Waals surface area contributed by atoms with E-state index in [0.29, 0.717) is 32.5 Å². The molecule has 5 amide bonds. The van der Waals surface area contributed by atoms with Crippen LogP contribution in [0.5, 0.6) is 0 Å². The molecule has 4 rings (SSSR count). The van der Waals surface area contributed by atoms with Crippen molar-refractivity contribution in [1.82, 2.24) is 10.2 Å². The van der Waals surface area contributed by atoms with Gasteiger partial charge in [-0.2, -0.15) is 8.42 Å². The first-order chi connectivity index (χ1) is 20.7. The number of nitrogens with one attached hydrogen (secondary N) is 2. The van der Waals surface area contributed by atoms with E-state index in [4.69, 9.17) is 13.7 Å². The summed E-state index contributed by atoms with van der Waals surface area (Å²) in [5, 5.41) is 4.85. The van der Waals surface area contributed by atoms with Crippen molar-refractivity contribution in [2.45, 2.75) is 49.5 Å². The third-order valence-electron chi connectivity index (χ3n) is 6.80. The van der Waals surface area contributed by atoms with Crippen molar-refractivity contribution in [2.24, 2.45) is 0 Å². The number of benzene rings is 2. The number of carbonyl (C=O) groups is 5. The van der Waals surface area contributed by atoms with Gasteiger partial charge in [-0.1, -0.05) is 30.7 Å². The minimum atomic E-state index is -3.80. The maximum Gasteiger partial charge on any atom is 0.297 e. The first-order valence-electron chi connectivity index (χ1n) is 13.9. The highest BCUT2D eigenvalue weighted by Gasteiger charge is 2.45.